The van der Waals surface area contributed by atoms with Gasteiger partial charge in [-0.1, -0.05) is 32.0 Å². The van der Waals surface area contributed by atoms with Crippen molar-refractivity contribution in [1.29, 1.82) is 0 Å². The predicted molar refractivity (Wildman–Crippen MR) is 129 cm³/mol. The summed E-state index contributed by atoms with van der Waals surface area (Å²) in [5, 5.41) is 3.39. The number of anilines is 1. The molecule has 5 heteroatoms. The molecule has 4 rings (SSSR count). The molecule has 0 radical (unpaired) electrons. The van der Waals surface area contributed by atoms with Gasteiger partial charge in [0.25, 0.3) is 0 Å². The number of aryl methyl sites for hydroxylation is 1. The monoisotopic (exact) mass is 404 g/mol. The number of nitrogens with one attached hydrogen (secondary N) is 1. The van der Waals surface area contributed by atoms with Crippen molar-refractivity contribution >= 4 is 40.1 Å². The molecule has 0 atom stereocenters. The van der Waals surface area contributed by atoms with Crippen LogP contribution in [-0.2, 0) is 6.42 Å². The zero-order valence-electron chi connectivity index (χ0n) is 17.2. The Morgan fingerprint density at radius 3 is 2.66 bits per heavy atom. The van der Waals surface area contributed by atoms with Crippen LogP contribution in [0.15, 0.2) is 70.3 Å². The second kappa shape index (κ2) is 9.52. The molecule has 4 nitrogen and oxygen atoms in total. The summed E-state index contributed by atoms with van der Waals surface area (Å²) in [6.45, 7) is 6.07. The quantitative estimate of drug-likeness (QED) is 0.388. The maximum Gasteiger partial charge on any atom is 0.127 e. The maximum atomic E-state index is 6.31. The van der Waals surface area contributed by atoms with Gasteiger partial charge in [-0.3, -0.25) is 0 Å². The molecule has 0 saturated heterocycles. The minimum atomic E-state index is 0.590. The Balaban J connectivity index is 0.00000117. The van der Waals surface area contributed by atoms with Crippen LogP contribution < -0.4 is 11.5 Å². The van der Waals surface area contributed by atoms with Crippen LogP contribution in [0.5, 0.6) is 0 Å². The number of rotatable bonds is 4. The van der Waals surface area contributed by atoms with E-state index < -0.39 is 0 Å². The maximum absolute atomic E-state index is 6.31. The van der Waals surface area contributed by atoms with Crippen molar-refractivity contribution in [3.05, 3.63) is 82.2 Å². The first kappa shape index (κ1) is 20.8. The molecule has 1 aliphatic rings. The highest BCUT2D eigenvalue weighted by atomic mass is 32.2. The van der Waals surface area contributed by atoms with Gasteiger partial charge in [0, 0.05) is 46.2 Å². The smallest absolute Gasteiger partial charge is 0.127 e. The van der Waals surface area contributed by atoms with Crippen LogP contribution in [0.25, 0.3) is 16.5 Å². The van der Waals surface area contributed by atoms with Gasteiger partial charge in [-0.05, 0) is 59.4 Å². The van der Waals surface area contributed by atoms with E-state index in [0.717, 1.165) is 34.5 Å². The Morgan fingerprint density at radius 1 is 1.14 bits per heavy atom. The van der Waals surface area contributed by atoms with Gasteiger partial charge >= 0.3 is 0 Å². The first-order valence-electron chi connectivity index (χ1n) is 9.87. The van der Waals surface area contributed by atoms with Gasteiger partial charge in [-0.15, -0.1) is 11.8 Å². The topological polar surface area (TPSA) is 80.2 Å². The molecule has 150 valence electrons. The average Bonchev–Trinajstić information content (AvgIpc) is 3.36. The van der Waals surface area contributed by atoms with Crippen LogP contribution in [0.4, 0.5) is 5.69 Å². The van der Waals surface area contributed by atoms with Crippen LogP contribution in [0.1, 0.15) is 30.7 Å². The van der Waals surface area contributed by atoms with Crippen molar-refractivity contribution in [3.63, 3.8) is 0 Å². The van der Waals surface area contributed by atoms with Gasteiger partial charge in [-0.2, -0.15) is 0 Å². The van der Waals surface area contributed by atoms with Gasteiger partial charge in [0.05, 0.1) is 0 Å². The number of thioether (sulfide) groups is 1. The summed E-state index contributed by atoms with van der Waals surface area (Å²) in [6, 6.07) is 16.5. The second-order valence-corrected chi connectivity index (χ2v) is 7.58. The lowest BCUT2D eigenvalue weighted by Gasteiger charge is -2.08. The minimum Gasteiger partial charge on any atom is -0.399 e. The third-order valence-corrected chi connectivity index (χ3v) is 5.52. The Bertz CT molecular complexity index is 1070. The number of aromatic nitrogens is 1. The molecule has 2 heterocycles. The number of aliphatic imine (C=N–C) groups is 1. The summed E-state index contributed by atoms with van der Waals surface area (Å²) in [5.41, 5.74) is 19.7. The normalized spacial score (nSPS) is 15.3. The van der Waals surface area contributed by atoms with Crippen LogP contribution in [-0.4, -0.2) is 17.0 Å². The van der Waals surface area contributed by atoms with Gasteiger partial charge < -0.3 is 16.5 Å². The van der Waals surface area contributed by atoms with Crippen LogP contribution in [0.2, 0.25) is 0 Å². The molecule has 0 fully saturated rings. The number of nitrogens with two attached hydrogens (primary N) is 2. The Morgan fingerprint density at radius 2 is 1.90 bits per heavy atom. The van der Waals surface area contributed by atoms with Crippen LogP contribution >= 0.6 is 11.8 Å². The van der Waals surface area contributed by atoms with E-state index in [1.54, 1.807) is 11.8 Å². The van der Waals surface area contributed by atoms with Crippen molar-refractivity contribution in [2.24, 2.45) is 10.7 Å². The number of fused-ring (bicyclic) bond motifs is 1. The van der Waals surface area contributed by atoms with Gasteiger partial charge in [0.2, 0.25) is 0 Å². The molecule has 0 spiro atoms. The van der Waals surface area contributed by atoms with E-state index in [-0.39, 0.29) is 0 Å². The summed E-state index contributed by atoms with van der Waals surface area (Å²) in [7, 11) is 0. The number of nitrogen functional groups attached to an aromatic ring is 1. The lowest BCUT2D eigenvalue weighted by molar-refractivity contribution is 1.19. The van der Waals surface area contributed by atoms with E-state index >= 15 is 0 Å². The highest BCUT2D eigenvalue weighted by Crippen LogP contribution is 2.37. The summed E-state index contributed by atoms with van der Waals surface area (Å²) in [6.07, 6.45) is 2.60. The Kier molecular flexibility index (Phi) is 6.83. The van der Waals surface area contributed by atoms with Crippen molar-refractivity contribution in [3.8, 4) is 0 Å². The molecule has 2 aromatic carbocycles. The fourth-order valence-corrected chi connectivity index (χ4v) is 4.24. The number of hydrogen-bond donors (Lipinski definition) is 3. The van der Waals surface area contributed by atoms with E-state index in [9.17, 15) is 0 Å². The first-order valence-corrected chi connectivity index (χ1v) is 10.9. The molecule has 0 unspecified atom stereocenters. The number of aromatic amines is 1. The van der Waals surface area contributed by atoms with Crippen molar-refractivity contribution < 1.29 is 0 Å². The molecule has 0 bridgehead atoms. The molecule has 1 aliphatic heterocycles. The molecular formula is C24H28N4S. The van der Waals surface area contributed by atoms with Crippen molar-refractivity contribution in [2.75, 3.05) is 11.5 Å². The van der Waals surface area contributed by atoms with Crippen molar-refractivity contribution in [2.45, 2.75) is 27.2 Å². The molecule has 5 N–H and O–H groups in total. The van der Waals surface area contributed by atoms with E-state index in [4.69, 9.17) is 11.5 Å². The highest BCUT2D eigenvalue weighted by Gasteiger charge is 2.18. The van der Waals surface area contributed by atoms with E-state index in [0.29, 0.717) is 5.82 Å². The fraction of sp³-hybridized carbons (Fsp3) is 0.208. The fourth-order valence-electron chi connectivity index (χ4n) is 3.24. The Hall–Kier alpha value is -2.92. The Labute approximate surface area is 176 Å². The number of hydrogen-bond acceptors (Lipinski definition) is 4. The number of H-pyrrole nitrogens is 1. The van der Waals surface area contributed by atoms with E-state index in [2.05, 4.69) is 46.6 Å². The number of nitrogens with zero attached hydrogens (tertiary/aromatic N) is 1. The molecule has 1 aromatic heterocycles. The minimum absolute atomic E-state index is 0.590. The average molecular weight is 405 g/mol. The SMILES string of the molecule is CC.Cc1cc2cc(C3=CSC/C3=C(N)\N=C/Cc3ccc(N)cc3)ccc2[nH]1. The van der Waals surface area contributed by atoms with Gasteiger partial charge in [0.15, 0.2) is 0 Å². The molecule has 0 amide bonds. The number of allylic oxidation sites excluding steroid dienone is 1. The predicted octanol–water partition coefficient (Wildman–Crippen LogP) is 5.66. The summed E-state index contributed by atoms with van der Waals surface area (Å²) in [5.74, 6) is 1.44. The first-order chi connectivity index (χ1) is 14.1. The summed E-state index contributed by atoms with van der Waals surface area (Å²) >= 11 is 1.76. The molecule has 0 saturated carbocycles. The lowest BCUT2D eigenvalue weighted by atomic mass is 9.99. The molecular weight excluding hydrogens is 376 g/mol. The largest absolute Gasteiger partial charge is 0.399 e. The lowest BCUT2D eigenvalue weighted by Crippen LogP contribution is -2.03. The molecule has 0 aliphatic carbocycles. The second-order valence-electron chi connectivity index (χ2n) is 6.72. The summed E-state index contributed by atoms with van der Waals surface area (Å²) in [4.78, 5) is 7.87. The molecule has 3 aromatic rings. The highest BCUT2D eigenvalue weighted by molar-refractivity contribution is 8.02. The van der Waals surface area contributed by atoms with Gasteiger partial charge in [-0.25, -0.2) is 4.99 Å². The third kappa shape index (κ3) is 4.93. The molecule has 29 heavy (non-hydrogen) atoms. The van der Waals surface area contributed by atoms with Gasteiger partial charge in [0.1, 0.15) is 5.82 Å². The zero-order chi connectivity index (χ0) is 20.8. The standard InChI is InChI=1S/C22H22N4S.C2H6/c1-14-10-17-11-16(4-7-21(17)26-14)19-12-27-13-20(19)22(24)25-9-8-15-2-5-18(23)6-3-15;1-2/h2-7,9-12,26H,8,13,23-24H2,1H3;1-2H3/b22-20+,25-9-;. The van der Waals surface area contributed by atoms with Crippen LogP contribution in [0, 0.1) is 6.92 Å². The zero-order valence-corrected chi connectivity index (χ0v) is 18.0. The summed E-state index contributed by atoms with van der Waals surface area (Å²) < 4.78 is 0. The number of benzene rings is 2. The van der Waals surface area contributed by atoms with Crippen LogP contribution in [0.3, 0.4) is 0 Å². The van der Waals surface area contributed by atoms with E-state index in [1.165, 1.54) is 22.2 Å². The van der Waals surface area contributed by atoms with E-state index in [1.807, 2.05) is 44.3 Å². The third-order valence-electron chi connectivity index (χ3n) is 4.67. The van der Waals surface area contributed by atoms with Crippen molar-refractivity contribution in [1.82, 2.24) is 4.98 Å².